The summed E-state index contributed by atoms with van der Waals surface area (Å²) in [5.41, 5.74) is 25.3. The molecule has 0 aliphatic rings. The van der Waals surface area contributed by atoms with Crippen LogP contribution in [0.2, 0.25) is 0 Å². The SMILES string of the molecule is c1ccc(-c2cccc(Nc3ccc4cnccc4c3)c2)cc1.c1ccc(Nc2ccc(-c3cccnc3)cc2)cc1.c1ccc(Nc2ccc3c(c2)c2ccccc2n3-c2ccccc2)cc1.c1ccc(Nc2ccc3c(ccn3-c3ccccc3)c2)cc1.c1ccc(Nc2ccc3c4ccccc4n(-c4ccccc4)c3c2)cc1. The summed E-state index contributed by atoms with van der Waals surface area (Å²) in [6.45, 7) is 0. The lowest BCUT2D eigenvalue weighted by atomic mass is 10.1. The van der Waals surface area contributed by atoms with Crippen LogP contribution < -0.4 is 26.6 Å². The van der Waals surface area contributed by atoms with Crippen LogP contribution in [0.5, 0.6) is 0 Å². The van der Waals surface area contributed by atoms with Gasteiger partial charge in [-0.25, -0.2) is 0 Å². The van der Waals surface area contributed by atoms with Crippen molar-refractivity contribution in [1.82, 2.24) is 23.7 Å². The van der Waals surface area contributed by atoms with Crippen LogP contribution in [-0.2, 0) is 0 Å². The molecular weight excluding hydrogens is 1410 g/mol. The minimum absolute atomic E-state index is 1.08. The number of nitrogens with zero attached hydrogens (tertiary/aromatic N) is 5. The summed E-state index contributed by atoms with van der Waals surface area (Å²) in [6.07, 6.45) is 9.48. The molecule has 0 aliphatic carbocycles. The average molecular weight is 1500 g/mol. The molecule has 21 rings (SSSR count). The molecule has 0 unspecified atom stereocenters. The average Bonchev–Trinajstić information content (AvgIpc) is 1.61. The van der Waals surface area contributed by atoms with Gasteiger partial charge >= 0.3 is 0 Å². The van der Waals surface area contributed by atoms with Crippen molar-refractivity contribution in [2.75, 3.05) is 26.6 Å². The van der Waals surface area contributed by atoms with Gasteiger partial charge in [0.05, 0.1) is 27.6 Å². The summed E-state index contributed by atoms with van der Waals surface area (Å²) in [4.78, 5) is 8.29. The molecule has 10 heteroatoms. The van der Waals surface area contributed by atoms with Gasteiger partial charge in [0.25, 0.3) is 0 Å². The van der Waals surface area contributed by atoms with Crippen molar-refractivity contribution in [3.8, 4) is 39.3 Å². The number of anilines is 10. The zero-order valence-electron chi connectivity index (χ0n) is 63.7. The van der Waals surface area contributed by atoms with E-state index in [0.29, 0.717) is 0 Å². The Kier molecular flexibility index (Phi) is 22.4. The fourth-order valence-electron chi connectivity index (χ4n) is 14.6. The molecule has 16 aromatic carbocycles. The molecule has 5 heterocycles. The van der Waals surface area contributed by atoms with Crippen molar-refractivity contribution < 1.29 is 0 Å². The Hall–Kier alpha value is -15.8. The third kappa shape index (κ3) is 17.5. The van der Waals surface area contributed by atoms with Gasteiger partial charge < -0.3 is 40.3 Å². The number of hydrogen-bond donors (Lipinski definition) is 5. The van der Waals surface area contributed by atoms with Gasteiger partial charge in [-0.1, -0.05) is 237 Å². The molecule has 0 fully saturated rings. The first-order chi connectivity index (χ1) is 57.5. The summed E-state index contributed by atoms with van der Waals surface area (Å²) in [5, 5.41) is 25.9. The monoisotopic (exact) mass is 1490 g/mol. The van der Waals surface area contributed by atoms with E-state index in [1.54, 1.807) is 6.20 Å². The topological polar surface area (TPSA) is 101 Å². The minimum Gasteiger partial charge on any atom is -0.356 e. The maximum Gasteiger partial charge on any atom is 0.0561 e. The molecule has 0 radical (unpaired) electrons. The molecule has 5 aromatic heterocycles. The number of para-hydroxylation sites is 9. The Labute approximate surface area is 675 Å². The van der Waals surface area contributed by atoms with Crippen molar-refractivity contribution in [2.24, 2.45) is 0 Å². The van der Waals surface area contributed by atoms with E-state index in [4.69, 9.17) is 0 Å². The Morgan fingerprint density at radius 3 is 1.14 bits per heavy atom. The maximum atomic E-state index is 4.15. The molecule has 556 valence electrons. The zero-order valence-corrected chi connectivity index (χ0v) is 63.7. The molecule has 0 atom stereocenters. The number of aromatic nitrogens is 5. The van der Waals surface area contributed by atoms with Crippen molar-refractivity contribution in [2.45, 2.75) is 0 Å². The molecule has 116 heavy (non-hydrogen) atoms. The second kappa shape index (κ2) is 35.5. The second-order valence-corrected chi connectivity index (χ2v) is 27.9. The van der Waals surface area contributed by atoms with Crippen LogP contribution in [0.3, 0.4) is 0 Å². The van der Waals surface area contributed by atoms with Crippen molar-refractivity contribution >= 4 is 122 Å². The molecule has 0 saturated heterocycles. The summed E-state index contributed by atoms with van der Waals surface area (Å²) >= 11 is 0. The standard InChI is InChI=1S/2C24H18N2.C21H16N2.C20H16N2.C17H14N2/c1-3-9-18(10-4-1)25-19-15-16-24-22(17-19)21-13-7-8-14-23(21)26(24)20-11-5-2-6-12-20;1-3-9-18(10-4-1)25-19-15-16-22-21-13-7-8-14-23(21)26(24(22)17-19)20-11-5-2-6-12-20;1-2-5-16(6-3-1)17-7-4-8-20(13-17)23-21-10-9-19-15-22-12-11-18(19)14-21;1-3-7-17(8-4-1)21-18-11-12-20-16(15-18)13-14-22(20)19-9-5-2-6-10-19;1-2-6-16(7-3-1)19-17-10-8-14(9-11-17)15-5-4-12-18-13-15/h2*1-17,25H;1-15,23H;1-15,21H;1-13,19H. The number of rotatable bonds is 15. The van der Waals surface area contributed by atoms with Gasteiger partial charge in [-0.2, -0.15) is 0 Å². The Balaban J connectivity index is 0.000000105. The second-order valence-electron chi connectivity index (χ2n) is 27.9. The van der Waals surface area contributed by atoms with Crippen LogP contribution in [0.15, 0.2) is 468 Å². The lowest BCUT2D eigenvalue weighted by molar-refractivity contribution is 1.13. The number of hydrogen-bond acceptors (Lipinski definition) is 7. The van der Waals surface area contributed by atoms with E-state index in [9.17, 15) is 0 Å². The van der Waals surface area contributed by atoms with Crippen LogP contribution >= 0.6 is 0 Å². The zero-order chi connectivity index (χ0) is 77.9. The van der Waals surface area contributed by atoms with Crippen LogP contribution in [0.25, 0.3) is 105 Å². The molecule has 0 aliphatic heterocycles. The third-order valence-electron chi connectivity index (χ3n) is 20.1. The van der Waals surface area contributed by atoms with E-state index in [1.807, 2.05) is 116 Å². The van der Waals surface area contributed by atoms with Gasteiger partial charge in [-0.05, 0) is 228 Å². The highest BCUT2D eigenvalue weighted by Crippen LogP contribution is 2.38. The summed E-state index contributed by atoms with van der Waals surface area (Å²) < 4.78 is 6.87. The summed E-state index contributed by atoms with van der Waals surface area (Å²) in [6, 6.07) is 151. The van der Waals surface area contributed by atoms with Crippen molar-refractivity contribution in [3.05, 3.63) is 468 Å². The molecule has 0 saturated carbocycles. The lowest BCUT2D eigenvalue weighted by Crippen LogP contribution is -1.94. The van der Waals surface area contributed by atoms with Gasteiger partial charge in [0.1, 0.15) is 0 Å². The van der Waals surface area contributed by atoms with Gasteiger partial charge in [-0.3, -0.25) is 9.97 Å². The molecule has 5 N–H and O–H groups in total. The van der Waals surface area contributed by atoms with E-state index in [1.165, 1.54) is 93.7 Å². The molecule has 0 bridgehead atoms. The highest BCUT2D eigenvalue weighted by Gasteiger charge is 2.15. The summed E-state index contributed by atoms with van der Waals surface area (Å²) in [7, 11) is 0. The Morgan fingerprint density at radius 1 is 0.181 bits per heavy atom. The van der Waals surface area contributed by atoms with Gasteiger partial charge in [0.2, 0.25) is 0 Å². The van der Waals surface area contributed by atoms with Crippen molar-refractivity contribution in [3.63, 3.8) is 0 Å². The Bertz CT molecular complexity index is 6740. The molecule has 21 aromatic rings. The first-order valence-corrected chi connectivity index (χ1v) is 38.9. The minimum atomic E-state index is 1.08. The van der Waals surface area contributed by atoms with E-state index >= 15 is 0 Å². The summed E-state index contributed by atoms with van der Waals surface area (Å²) in [5.74, 6) is 0. The van der Waals surface area contributed by atoms with Crippen LogP contribution in [0.4, 0.5) is 56.9 Å². The predicted octanol–water partition coefficient (Wildman–Crippen LogP) is 28.6. The fourth-order valence-corrected chi connectivity index (χ4v) is 14.6. The number of nitrogens with one attached hydrogen (secondary N) is 5. The number of fused-ring (bicyclic) bond motifs is 8. The smallest absolute Gasteiger partial charge is 0.0561 e. The number of benzene rings is 16. The fraction of sp³-hybridized carbons (Fsp3) is 0. The highest BCUT2D eigenvalue weighted by atomic mass is 15.0. The molecule has 0 amide bonds. The maximum absolute atomic E-state index is 4.15. The van der Waals surface area contributed by atoms with Gasteiger partial charge in [0.15, 0.2) is 0 Å². The van der Waals surface area contributed by atoms with Crippen molar-refractivity contribution in [1.29, 1.82) is 0 Å². The van der Waals surface area contributed by atoms with Crippen LogP contribution in [-0.4, -0.2) is 23.7 Å². The highest BCUT2D eigenvalue weighted by molar-refractivity contribution is 6.11. The van der Waals surface area contributed by atoms with Gasteiger partial charge in [-0.15, -0.1) is 0 Å². The first-order valence-electron chi connectivity index (χ1n) is 38.9. The van der Waals surface area contributed by atoms with Gasteiger partial charge in [0, 0.05) is 137 Å². The first kappa shape index (κ1) is 73.0. The predicted molar refractivity (Wildman–Crippen MR) is 490 cm³/mol. The Morgan fingerprint density at radius 2 is 0.560 bits per heavy atom. The van der Waals surface area contributed by atoms with Crippen LogP contribution in [0, 0.1) is 0 Å². The number of pyridine rings is 2. The molecular formula is C106H82N10. The van der Waals surface area contributed by atoms with E-state index in [0.717, 1.165) is 67.8 Å². The van der Waals surface area contributed by atoms with E-state index in [-0.39, 0.29) is 0 Å². The third-order valence-corrected chi connectivity index (χ3v) is 20.1. The molecule has 0 spiro atoms. The van der Waals surface area contributed by atoms with E-state index in [2.05, 4.69) is 396 Å². The quantitative estimate of drug-likeness (QED) is 0.0697. The van der Waals surface area contributed by atoms with Crippen LogP contribution in [0.1, 0.15) is 0 Å². The van der Waals surface area contributed by atoms with E-state index < -0.39 is 0 Å². The molecule has 10 nitrogen and oxygen atoms in total. The lowest BCUT2D eigenvalue weighted by Gasteiger charge is -2.10. The normalized spacial score (nSPS) is 10.8. The largest absolute Gasteiger partial charge is 0.356 e.